The summed E-state index contributed by atoms with van der Waals surface area (Å²) in [6.45, 7) is 2.99. The van der Waals surface area contributed by atoms with Gasteiger partial charge in [0.05, 0.1) is 4.47 Å². The normalized spacial score (nSPS) is 10.5. The van der Waals surface area contributed by atoms with Crippen molar-refractivity contribution in [2.75, 3.05) is 13.6 Å². The number of phenolic OH excluding ortho intramolecular Hbond substituents is 1. The summed E-state index contributed by atoms with van der Waals surface area (Å²) < 4.78 is 0.794. The Balaban J connectivity index is 2.95. The highest BCUT2D eigenvalue weighted by Gasteiger charge is 2.06. The van der Waals surface area contributed by atoms with Crippen LogP contribution < -0.4 is 5.32 Å². The van der Waals surface area contributed by atoms with Crippen molar-refractivity contribution < 1.29 is 5.11 Å². The van der Waals surface area contributed by atoms with Crippen LogP contribution in [0.3, 0.4) is 0 Å². The van der Waals surface area contributed by atoms with Gasteiger partial charge in [0.15, 0.2) is 0 Å². The Morgan fingerprint density at radius 3 is 2.71 bits per heavy atom. The molecule has 0 aliphatic heterocycles. The molecule has 0 atom stereocenters. The first kappa shape index (κ1) is 11.5. The molecule has 0 saturated heterocycles. The van der Waals surface area contributed by atoms with E-state index >= 15 is 0 Å². The number of halogens is 1. The first-order valence-corrected chi connectivity index (χ1v) is 5.63. The Hall–Kier alpha value is -0.540. The molecule has 14 heavy (non-hydrogen) atoms. The first-order chi connectivity index (χ1) is 6.69. The van der Waals surface area contributed by atoms with Crippen LogP contribution in [0.1, 0.15) is 18.1 Å². The second-order valence-electron chi connectivity index (χ2n) is 3.29. The van der Waals surface area contributed by atoms with E-state index in [0.29, 0.717) is 5.75 Å². The molecule has 1 aromatic rings. The number of rotatable bonds is 4. The summed E-state index contributed by atoms with van der Waals surface area (Å²) in [6.07, 6.45) is 1.85. The lowest BCUT2D eigenvalue weighted by molar-refractivity contribution is 0.463. The fraction of sp³-hybridized carbons (Fsp3) is 0.455. The van der Waals surface area contributed by atoms with Crippen LogP contribution in [0.4, 0.5) is 0 Å². The molecule has 2 nitrogen and oxygen atoms in total. The van der Waals surface area contributed by atoms with Crippen LogP contribution in [0, 0.1) is 0 Å². The Morgan fingerprint density at radius 1 is 1.43 bits per heavy atom. The van der Waals surface area contributed by atoms with Crippen LogP contribution >= 0.6 is 15.9 Å². The zero-order valence-electron chi connectivity index (χ0n) is 8.60. The smallest absolute Gasteiger partial charge is 0.133 e. The van der Waals surface area contributed by atoms with Crippen molar-refractivity contribution in [1.82, 2.24) is 5.32 Å². The average Bonchev–Trinajstić information content (AvgIpc) is 2.20. The maximum Gasteiger partial charge on any atom is 0.133 e. The molecule has 0 radical (unpaired) electrons. The van der Waals surface area contributed by atoms with Crippen molar-refractivity contribution in [3.8, 4) is 5.75 Å². The average molecular weight is 258 g/mol. The standard InChI is InChI=1S/C11H16BrNO/c1-3-8-6-9(4-5-13-2)11(14)10(12)7-8/h6-7,13-14H,3-5H2,1-2H3. The molecule has 0 heterocycles. The molecule has 0 fully saturated rings. The van der Waals surface area contributed by atoms with Gasteiger partial charge >= 0.3 is 0 Å². The van der Waals surface area contributed by atoms with Crippen LogP contribution in [0.25, 0.3) is 0 Å². The van der Waals surface area contributed by atoms with E-state index in [1.807, 2.05) is 13.1 Å². The lowest BCUT2D eigenvalue weighted by atomic mass is 10.1. The second kappa shape index (κ2) is 5.37. The van der Waals surface area contributed by atoms with Gasteiger partial charge in [0.25, 0.3) is 0 Å². The Labute approximate surface area is 93.5 Å². The van der Waals surface area contributed by atoms with Gasteiger partial charge in [0, 0.05) is 0 Å². The molecule has 2 N–H and O–H groups in total. The molecule has 0 unspecified atom stereocenters. The summed E-state index contributed by atoms with van der Waals surface area (Å²) in [6, 6.07) is 4.04. The topological polar surface area (TPSA) is 32.3 Å². The zero-order chi connectivity index (χ0) is 10.6. The van der Waals surface area contributed by atoms with Gasteiger partial charge in [0.2, 0.25) is 0 Å². The predicted molar refractivity (Wildman–Crippen MR) is 62.8 cm³/mol. The molecule has 0 bridgehead atoms. The van der Waals surface area contributed by atoms with Gasteiger partial charge in [0.1, 0.15) is 5.75 Å². The molecule has 0 amide bonds. The van der Waals surface area contributed by atoms with Gasteiger partial charge in [-0.3, -0.25) is 0 Å². The molecule has 0 saturated carbocycles. The second-order valence-corrected chi connectivity index (χ2v) is 4.15. The van der Waals surface area contributed by atoms with Gasteiger partial charge in [-0.1, -0.05) is 13.0 Å². The van der Waals surface area contributed by atoms with E-state index in [0.717, 1.165) is 29.4 Å². The van der Waals surface area contributed by atoms with Crippen molar-refractivity contribution in [2.24, 2.45) is 0 Å². The molecule has 0 aliphatic carbocycles. The van der Waals surface area contributed by atoms with E-state index in [-0.39, 0.29) is 0 Å². The highest BCUT2D eigenvalue weighted by Crippen LogP contribution is 2.29. The predicted octanol–water partition coefficient (Wildman–Crippen LogP) is 2.48. The minimum absolute atomic E-state index is 0.373. The number of aromatic hydroxyl groups is 1. The van der Waals surface area contributed by atoms with Crippen LogP contribution in [-0.2, 0) is 12.8 Å². The maximum atomic E-state index is 9.77. The summed E-state index contributed by atoms with van der Waals surface area (Å²) in [7, 11) is 1.91. The maximum absolute atomic E-state index is 9.77. The third kappa shape index (κ3) is 2.72. The molecule has 0 aromatic heterocycles. The molecule has 1 aromatic carbocycles. The van der Waals surface area contributed by atoms with E-state index in [9.17, 15) is 5.11 Å². The van der Waals surface area contributed by atoms with E-state index in [4.69, 9.17) is 0 Å². The lowest BCUT2D eigenvalue weighted by Gasteiger charge is -2.08. The fourth-order valence-electron chi connectivity index (χ4n) is 1.37. The van der Waals surface area contributed by atoms with E-state index in [2.05, 4.69) is 34.2 Å². The number of benzene rings is 1. The number of hydrogen-bond donors (Lipinski definition) is 2. The number of aryl methyl sites for hydroxylation is 1. The van der Waals surface area contributed by atoms with Gasteiger partial charge in [-0.05, 0) is 59.6 Å². The van der Waals surface area contributed by atoms with Crippen molar-refractivity contribution in [2.45, 2.75) is 19.8 Å². The van der Waals surface area contributed by atoms with Crippen molar-refractivity contribution >= 4 is 15.9 Å². The minimum Gasteiger partial charge on any atom is -0.506 e. The van der Waals surface area contributed by atoms with E-state index in [1.165, 1.54) is 5.56 Å². The summed E-state index contributed by atoms with van der Waals surface area (Å²) >= 11 is 3.36. The lowest BCUT2D eigenvalue weighted by Crippen LogP contribution is -2.10. The van der Waals surface area contributed by atoms with Crippen LogP contribution in [0.5, 0.6) is 5.75 Å². The third-order valence-electron chi connectivity index (χ3n) is 2.25. The number of nitrogens with one attached hydrogen (secondary N) is 1. The number of hydrogen-bond acceptors (Lipinski definition) is 2. The molecule has 3 heteroatoms. The Kier molecular flexibility index (Phi) is 4.42. The molecule has 78 valence electrons. The van der Waals surface area contributed by atoms with Crippen molar-refractivity contribution in [1.29, 1.82) is 0 Å². The highest BCUT2D eigenvalue weighted by atomic mass is 79.9. The minimum atomic E-state index is 0.373. The summed E-state index contributed by atoms with van der Waals surface area (Å²) in [4.78, 5) is 0. The highest BCUT2D eigenvalue weighted by molar-refractivity contribution is 9.10. The zero-order valence-corrected chi connectivity index (χ0v) is 10.2. The molecular weight excluding hydrogens is 242 g/mol. The van der Waals surface area contributed by atoms with Crippen molar-refractivity contribution in [3.05, 3.63) is 27.7 Å². The van der Waals surface area contributed by atoms with E-state index in [1.54, 1.807) is 0 Å². The van der Waals surface area contributed by atoms with Crippen LogP contribution in [0.15, 0.2) is 16.6 Å². The Bertz CT molecular complexity index is 312. The van der Waals surface area contributed by atoms with Crippen LogP contribution in [0.2, 0.25) is 0 Å². The van der Waals surface area contributed by atoms with Gasteiger partial charge in [-0.25, -0.2) is 0 Å². The Morgan fingerprint density at radius 2 is 2.14 bits per heavy atom. The van der Waals surface area contributed by atoms with Gasteiger partial charge in [-0.15, -0.1) is 0 Å². The van der Waals surface area contributed by atoms with Gasteiger partial charge in [-0.2, -0.15) is 0 Å². The molecule has 0 aliphatic rings. The fourth-order valence-corrected chi connectivity index (χ4v) is 1.92. The number of likely N-dealkylation sites (N-methyl/N-ethyl adjacent to an activating group) is 1. The third-order valence-corrected chi connectivity index (χ3v) is 2.86. The molecular formula is C11H16BrNO. The van der Waals surface area contributed by atoms with Crippen LogP contribution in [-0.4, -0.2) is 18.7 Å². The summed E-state index contributed by atoms with van der Waals surface area (Å²) in [5.74, 6) is 0.373. The largest absolute Gasteiger partial charge is 0.506 e. The summed E-state index contributed by atoms with van der Waals surface area (Å²) in [5.41, 5.74) is 2.26. The number of phenols is 1. The van der Waals surface area contributed by atoms with Crippen molar-refractivity contribution in [3.63, 3.8) is 0 Å². The van der Waals surface area contributed by atoms with Gasteiger partial charge < -0.3 is 10.4 Å². The van der Waals surface area contributed by atoms with E-state index < -0.39 is 0 Å². The quantitative estimate of drug-likeness (QED) is 0.869. The molecule has 0 spiro atoms. The SMILES string of the molecule is CCc1cc(Br)c(O)c(CCNC)c1. The summed E-state index contributed by atoms with van der Waals surface area (Å²) in [5, 5.41) is 12.8. The monoisotopic (exact) mass is 257 g/mol. The first-order valence-electron chi connectivity index (χ1n) is 4.84. The molecule has 1 rings (SSSR count).